The van der Waals surface area contributed by atoms with Crippen LogP contribution in [0, 0.1) is 0 Å². The lowest BCUT2D eigenvalue weighted by Crippen LogP contribution is -2.36. The summed E-state index contributed by atoms with van der Waals surface area (Å²) in [5.74, 6) is 1.51. The molecule has 0 spiro atoms. The van der Waals surface area contributed by atoms with E-state index in [1.54, 1.807) is 13.3 Å². The van der Waals surface area contributed by atoms with Crippen molar-refractivity contribution in [1.29, 1.82) is 0 Å². The van der Waals surface area contributed by atoms with E-state index in [1.807, 2.05) is 86.1 Å². The molecule has 1 aromatic heterocycles. The second-order valence-corrected chi connectivity index (χ2v) is 7.74. The zero-order chi connectivity index (χ0) is 20.9. The van der Waals surface area contributed by atoms with Crippen LogP contribution < -0.4 is 10.1 Å². The van der Waals surface area contributed by atoms with Gasteiger partial charge in [-0.25, -0.2) is 9.78 Å². The van der Waals surface area contributed by atoms with Gasteiger partial charge in [-0.15, -0.1) is 0 Å². The number of nitrogens with zero attached hydrogens (tertiary/aromatic N) is 2. The number of hydrogen-bond acceptors (Lipinski definition) is 4. The molecule has 0 aliphatic rings. The minimum atomic E-state index is -0.577. The van der Waals surface area contributed by atoms with Gasteiger partial charge in [-0.1, -0.05) is 30.3 Å². The van der Waals surface area contributed by atoms with E-state index in [-0.39, 0.29) is 19.5 Å². The maximum Gasteiger partial charge on any atom is 0.408 e. The fourth-order valence-electron chi connectivity index (χ4n) is 3.04. The number of alkyl carbamates (subject to hydrolysis) is 1. The lowest BCUT2D eigenvalue weighted by molar-refractivity contribution is 0.0500. The van der Waals surface area contributed by atoms with Crippen molar-refractivity contribution >= 4 is 19.6 Å². The second kappa shape index (κ2) is 10.2. The van der Waals surface area contributed by atoms with Crippen molar-refractivity contribution in [2.24, 2.45) is 0 Å². The van der Waals surface area contributed by atoms with Gasteiger partial charge in [0.25, 0.3) is 0 Å². The van der Waals surface area contributed by atoms with Gasteiger partial charge in [-0.3, -0.25) is 0 Å². The van der Waals surface area contributed by atoms with Crippen LogP contribution in [0.1, 0.15) is 38.2 Å². The molecule has 0 aliphatic carbocycles. The van der Waals surface area contributed by atoms with Gasteiger partial charge >= 0.3 is 6.09 Å². The molecule has 2 aromatic carbocycles. The molecule has 3 rings (SSSR count). The number of methoxy groups -OCH3 is 1. The van der Waals surface area contributed by atoms with Crippen LogP contribution >= 0.6 is 13.5 Å². The monoisotopic (exact) mass is 427 g/mol. The van der Waals surface area contributed by atoms with Crippen molar-refractivity contribution in [2.75, 3.05) is 7.11 Å². The van der Waals surface area contributed by atoms with E-state index in [0.29, 0.717) is 6.42 Å². The Balaban J connectivity index is 0.00000320. The first-order chi connectivity index (χ1) is 13.9. The normalized spacial score (nSPS) is 11.9. The van der Waals surface area contributed by atoms with Crippen molar-refractivity contribution in [3.05, 3.63) is 78.4 Å². The molecule has 1 heterocycles. The molecule has 0 saturated heterocycles. The van der Waals surface area contributed by atoms with Crippen molar-refractivity contribution in [2.45, 2.75) is 38.8 Å². The van der Waals surface area contributed by atoms with Crippen LogP contribution in [0.2, 0.25) is 0 Å². The number of nitrogens with one attached hydrogen (secondary N) is 1. The second-order valence-electron chi connectivity index (χ2n) is 7.74. The van der Waals surface area contributed by atoms with Crippen LogP contribution in [-0.2, 0) is 11.2 Å². The Morgan fingerprint density at radius 2 is 1.77 bits per heavy atom. The third-order valence-electron chi connectivity index (χ3n) is 4.31. The zero-order valence-electron chi connectivity index (χ0n) is 17.8. The molecule has 1 N–H and O–H groups in total. The van der Waals surface area contributed by atoms with Gasteiger partial charge < -0.3 is 19.4 Å². The van der Waals surface area contributed by atoms with Crippen LogP contribution in [-0.4, -0.2) is 28.4 Å². The molecule has 0 aliphatic heterocycles. The maximum absolute atomic E-state index is 12.5. The summed E-state index contributed by atoms with van der Waals surface area (Å²) in [6.07, 6.45) is 3.73. The number of hydrogen-bond donors (Lipinski definition) is 1. The summed E-state index contributed by atoms with van der Waals surface area (Å²) in [6.45, 7) is 5.53. The highest BCUT2D eigenvalue weighted by Gasteiger charge is 2.24. The lowest BCUT2D eigenvalue weighted by Gasteiger charge is -2.24. The summed E-state index contributed by atoms with van der Waals surface area (Å²) in [4.78, 5) is 17.0. The number of benzene rings is 2. The Kier molecular flexibility index (Phi) is 7.94. The number of ether oxygens (including phenoxy) is 2. The van der Waals surface area contributed by atoms with Gasteiger partial charge in [0, 0.05) is 24.5 Å². The number of carbonyl (C=O) groups excluding carboxylic acids is 1. The molecular formula is C23H29N3O3S. The Bertz CT molecular complexity index is 934. The summed E-state index contributed by atoms with van der Waals surface area (Å²) in [7, 11) is 1.64. The van der Waals surface area contributed by atoms with E-state index in [0.717, 1.165) is 22.8 Å². The Hall–Kier alpha value is -2.93. The smallest absolute Gasteiger partial charge is 0.408 e. The molecular weight excluding hydrogens is 398 g/mol. The quantitative estimate of drug-likeness (QED) is 0.614. The fourth-order valence-corrected chi connectivity index (χ4v) is 3.04. The van der Waals surface area contributed by atoms with Crippen LogP contribution in [0.15, 0.2) is 67.0 Å². The molecule has 6 nitrogen and oxygen atoms in total. The van der Waals surface area contributed by atoms with Crippen molar-refractivity contribution in [1.82, 2.24) is 14.9 Å². The molecule has 3 aromatic rings. The minimum absolute atomic E-state index is 0. The average Bonchev–Trinajstić information content (AvgIpc) is 3.17. The molecule has 0 radical (unpaired) electrons. The minimum Gasteiger partial charge on any atom is -0.497 e. The van der Waals surface area contributed by atoms with Crippen molar-refractivity contribution in [3.63, 3.8) is 0 Å². The number of carbonyl (C=O) groups is 1. The first-order valence-corrected chi connectivity index (χ1v) is 9.57. The third-order valence-corrected chi connectivity index (χ3v) is 4.31. The molecule has 160 valence electrons. The van der Waals surface area contributed by atoms with E-state index >= 15 is 0 Å². The Labute approximate surface area is 184 Å². The largest absolute Gasteiger partial charge is 0.497 e. The molecule has 1 atom stereocenters. The predicted molar refractivity (Wildman–Crippen MR) is 123 cm³/mol. The van der Waals surface area contributed by atoms with Crippen LogP contribution in [0.3, 0.4) is 0 Å². The summed E-state index contributed by atoms with van der Waals surface area (Å²) in [5, 5.41) is 2.99. The first-order valence-electron chi connectivity index (χ1n) is 9.57. The molecule has 1 amide bonds. The number of amides is 1. The van der Waals surface area contributed by atoms with E-state index in [4.69, 9.17) is 9.47 Å². The van der Waals surface area contributed by atoms with E-state index in [1.165, 1.54) is 0 Å². The average molecular weight is 428 g/mol. The highest BCUT2D eigenvalue weighted by atomic mass is 32.1. The first kappa shape index (κ1) is 23.3. The van der Waals surface area contributed by atoms with Gasteiger partial charge in [0.1, 0.15) is 17.2 Å². The Morgan fingerprint density at radius 3 is 2.37 bits per heavy atom. The number of aromatic nitrogens is 2. The van der Waals surface area contributed by atoms with E-state index < -0.39 is 11.7 Å². The van der Waals surface area contributed by atoms with Gasteiger partial charge in [0.2, 0.25) is 0 Å². The summed E-state index contributed by atoms with van der Waals surface area (Å²) >= 11 is 0. The van der Waals surface area contributed by atoms with Crippen molar-refractivity contribution < 1.29 is 14.3 Å². The van der Waals surface area contributed by atoms with E-state index in [2.05, 4.69) is 10.3 Å². The number of imidazole rings is 1. The standard InChI is InChI=1S/C23H27N3O3.H2S/c1-23(2,3)29-22(27)25-20(16-17-8-6-5-7-9-17)21-24-14-15-26(21)18-10-12-19(28-4)13-11-18;/h5-15,20H,16H2,1-4H3,(H,25,27);1H2/t20-;/m0./s1. The van der Waals surface area contributed by atoms with Gasteiger partial charge in [0.15, 0.2) is 0 Å². The molecule has 0 saturated carbocycles. The number of rotatable bonds is 6. The fraction of sp³-hybridized carbons (Fsp3) is 0.304. The molecule has 30 heavy (non-hydrogen) atoms. The predicted octanol–water partition coefficient (Wildman–Crippen LogP) is 4.80. The molecule has 0 unspecified atom stereocenters. The topological polar surface area (TPSA) is 65.4 Å². The summed E-state index contributed by atoms with van der Waals surface area (Å²) in [5.41, 5.74) is 1.45. The maximum atomic E-state index is 12.5. The molecule has 0 fully saturated rings. The van der Waals surface area contributed by atoms with Gasteiger partial charge in [-0.05, 0) is 50.6 Å². The zero-order valence-corrected chi connectivity index (χ0v) is 18.8. The van der Waals surface area contributed by atoms with Crippen LogP contribution in [0.4, 0.5) is 4.79 Å². The van der Waals surface area contributed by atoms with Gasteiger partial charge in [-0.2, -0.15) is 13.5 Å². The SMILES string of the molecule is COc1ccc(-n2ccnc2[C@H](Cc2ccccc2)NC(=O)OC(C)(C)C)cc1.S. The Morgan fingerprint density at radius 1 is 1.10 bits per heavy atom. The third kappa shape index (κ3) is 6.29. The highest BCUT2D eigenvalue weighted by molar-refractivity contribution is 7.59. The van der Waals surface area contributed by atoms with Gasteiger partial charge in [0.05, 0.1) is 13.2 Å². The highest BCUT2D eigenvalue weighted by Crippen LogP contribution is 2.23. The molecule has 0 bridgehead atoms. The van der Waals surface area contributed by atoms with Crippen LogP contribution in [0.25, 0.3) is 5.69 Å². The van der Waals surface area contributed by atoms with Crippen molar-refractivity contribution in [3.8, 4) is 11.4 Å². The summed E-state index contributed by atoms with van der Waals surface area (Å²) in [6, 6.07) is 17.3. The van der Waals surface area contributed by atoms with E-state index in [9.17, 15) is 4.79 Å². The molecule has 7 heteroatoms. The lowest BCUT2D eigenvalue weighted by atomic mass is 10.1. The van der Waals surface area contributed by atoms with Crippen LogP contribution in [0.5, 0.6) is 5.75 Å². The summed E-state index contributed by atoms with van der Waals surface area (Å²) < 4.78 is 12.7.